The van der Waals surface area contributed by atoms with Gasteiger partial charge in [-0.15, -0.1) is 12.4 Å². The molecule has 0 bridgehead atoms. The maximum absolute atomic E-state index is 14.6. The maximum atomic E-state index is 14.6. The lowest BCUT2D eigenvalue weighted by atomic mass is 10.0. The number of likely N-dealkylation sites (tertiary alicyclic amines) is 1. The molecule has 1 amide bonds. The minimum atomic E-state index is -3.50. The van der Waals surface area contributed by atoms with Crippen molar-refractivity contribution in [1.29, 1.82) is 0 Å². The molecule has 2 aromatic rings. The van der Waals surface area contributed by atoms with E-state index in [0.717, 1.165) is 56.9 Å². The Kier molecular flexibility index (Phi) is 8.59. The highest BCUT2D eigenvalue weighted by Gasteiger charge is 2.34. The first-order valence-electron chi connectivity index (χ1n) is 11.0. The maximum Gasteiger partial charge on any atom is 0.245 e. The third-order valence-corrected chi connectivity index (χ3v) is 7.56. The summed E-state index contributed by atoms with van der Waals surface area (Å²) in [6.07, 6.45) is 8.17. The normalized spacial score (nSPS) is 20.0. The molecule has 4 rings (SSSR count). The van der Waals surface area contributed by atoms with Crippen molar-refractivity contribution < 1.29 is 17.6 Å². The number of carbonyl (C=O) groups is 1. The van der Waals surface area contributed by atoms with Gasteiger partial charge in [0.15, 0.2) is 9.84 Å². The lowest BCUT2D eigenvalue weighted by Gasteiger charge is -2.39. The second-order valence-electron chi connectivity index (χ2n) is 8.55. The summed E-state index contributed by atoms with van der Waals surface area (Å²) in [6.45, 7) is 2.19. The first kappa shape index (κ1) is 26.4. The minimum absolute atomic E-state index is 0. The largest absolute Gasteiger partial charge is 0.371 e. The highest BCUT2D eigenvalue weighted by atomic mass is 35.5. The fourth-order valence-electron chi connectivity index (χ4n) is 4.47. The molecule has 2 aliphatic heterocycles. The fourth-order valence-corrected chi connectivity index (χ4v) is 5.20. The van der Waals surface area contributed by atoms with Crippen molar-refractivity contribution in [3.63, 3.8) is 0 Å². The van der Waals surface area contributed by atoms with Crippen LogP contribution < -0.4 is 10.2 Å². The standard InChI is InChI=1S/C22H27ClFN5O3S.ClH/c1-33(31,32)16-5-6-18(17(24)12-16)27-19-4-2-3-9-29(22(19)30)15-7-10-28(11-8-15)21-14-25-20(23)13-26-21;/h5-6,12-15,19,27H,2-4,7-11H2,1H3;1H/t19-;/m0./s1. The van der Waals surface area contributed by atoms with Crippen molar-refractivity contribution in [3.8, 4) is 0 Å². The summed E-state index contributed by atoms with van der Waals surface area (Å²) < 4.78 is 37.9. The van der Waals surface area contributed by atoms with Gasteiger partial charge >= 0.3 is 0 Å². The van der Waals surface area contributed by atoms with Gasteiger partial charge in [0.2, 0.25) is 5.91 Å². The SMILES string of the molecule is CS(=O)(=O)c1ccc(N[C@H]2CCCCN(C3CCN(c4cnc(Cl)cn4)CC3)C2=O)c(F)c1.Cl. The number of carbonyl (C=O) groups excluding carboxylic acids is 1. The van der Waals surface area contributed by atoms with Gasteiger partial charge < -0.3 is 15.1 Å². The number of anilines is 2. The zero-order valence-corrected chi connectivity index (χ0v) is 21.2. The van der Waals surface area contributed by atoms with Crippen molar-refractivity contribution >= 4 is 51.3 Å². The molecule has 1 aromatic heterocycles. The molecule has 186 valence electrons. The molecule has 2 fully saturated rings. The number of halogens is 3. The van der Waals surface area contributed by atoms with E-state index in [0.29, 0.717) is 18.1 Å². The quantitative estimate of drug-likeness (QED) is 0.629. The van der Waals surface area contributed by atoms with Crippen LogP contribution in [-0.4, -0.2) is 67.2 Å². The van der Waals surface area contributed by atoms with Crippen molar-refractivity contribution in [1.82, 2.24) is 14.9 Å². The molecule has 1 atom stereocenters. The van der Waals surface area contributed by atoms with Crippen LogP contribution in [0.5, 0.6) is 0 Å². The Hall–Kier alpha value is -2.17. The van der Waals surface area contributed by atoms with Crippen molar-refractivity contribution in [2.24, 2.45) is 0 Å². The van der Waals surface area contributed by atoms with Crippen LogP contribution in [-0.2, 0) is 14.6 Å². The number of aromatic nitrogens is 2. The number of nitrogens with one attached hydrogen (secondary N) is 1. The third-order valence-electron chi connectivity index (χ3n) is 6.26. The van der Waals surface area contributed by atoms with E-state index in [1.54, 1.807) is 6.20 Å². The van der Waals surface area contributed by atoms with Crippen LogP contribution in [0, 0.1) is 5.82 Å². The first-order valence-corrected chi connectivity index (χ1v) is 13.3. The molecule has 12 heteroatoms. The lowest BCUT2D eigenvalue weighted by Crippen LogP contribution is -2.51. The van der Waals surface area contributed by atoms with E-state index in [-0.39, 0.29) is 34.9 Å². The smallest absolute Gasteiger partial charge is 0.245 e. The molecule has 34 heavy (non-hydrogen) atoms. The molecule has 0 spiro atoms. The molecule has 0 unspecified atom stereocenters. The number of benzene rings is 1. The van der Waals surface area contributed by atoms with Gasteiger partial charge in [-0.2, -0.15) is 0 Å². The predicted molar refractivity (Wildman–Crippen MR) is 132 cm³/mol. The minimum Gasteiger partial charge on any atom is -0.371 e. The molecule has 0 saturated carbocycles. The Morgan fingerprint density at radius 1 is 1.09 bits per heavy atom. The number of nitrogens with zero attached hydrogens (tertiary/aromatic N) is 4. The Balaban J connectivity index is 0.00000324. The summed E-state index contributed by atoms with van der Waals surface area (Å²) in [5.74, 6) is 0.0512. The third kappa shape index (κ3) is 6.09. The first-order chi connectivity index (χ1) is 15.7. The van der Waals surface area contributed by atoms with Gasteiger partial charge in [0.25, 0.3) is 0 Å². The van der Waals surface area contributed by atoms with Gasteiger partial charge in [-0.25, -0.2) is 22.8 Å². The second kappa shape index (κ2) is 11.0. The fraction of sp³-hybridized carbons (Fsp3) is 0.500. The molecule has 2 aliphatic rings. The second-order valence-corrected chi connectivity index (χ2v) is 11.0. The van der Waals surface area contributed by atoms with Crippen LogP contribution in [0.3, 0.4) is 0 Å². The highest BCUT2D eigenvalue weighted by Crippen LogP contribution is 2.27. The number of hydrogen-bond acceptors (Lipinski definition) is 7. The summed E-state index contributed by atoms with van der Waals surface area (Å²) >= 11 is 5.82. The molecule has 2 saturated heterocycles. The molecular formula is C22H28Cl2FN5O3S. The van der Waals surface area contributed by atoms with E-state index in [1.165, 1.54) is 18.3 Å². The summed E-state index contributed by atoms with van der Waals surface area (Å²) in [4.78, 5) is 25.8. The predicted octanol–water partition coefficient (Wildman–Crippen LogP) is 3.56. The summed E-state index contributed by atoms with van der Waals surface area (Å²) in [7, 11) is -3.50. The van der Waals surface area contributed by atoms with Gasteiger partial charge in [-0.05, 0) is 50.3 Å². The number of rotatable bonds is 5. The average Bonchev–Trinajstić information content (AvgIpc) is 2.96. The number of piperidine rings is 1. The monoisotopic (exact) mass is 531 g/mol. The molecular weight excluding hydrogens is 504 g/mol. The van der Waals surface area contributed by atoms with Crippen LogP contribution in [0.2, 0.25) is 5.15 Å². The molecule has 0 aliphatic carbocycles. The van der Waals surface area contributed by atoms with Crippen molar-refractivity contribution in [3.05, 3.63) is 41.6 Å². The van der Waals surface area contributed by atoms with Crippen LogP contribution in [0.1, 0.15) is 32.1 Å². The highest BCUT2D eigenvalue weighted by molar-refractivity contribution is 7.90. The van der Waals surface area contributed by atoms with Crippen molar-refractivity contribution in [2.45, 2.75) is 49.1 Å². The molecule has 3 heterocycles. The Bertz CT molecular complexity index is 1110. The van der Waals surface area contributed by atoms with Crippen molar-refractivity contribution in [2.75, 3.05) is 36.1 Å². The summed E-state index contributed by atoms with van der Waals surface area (Å²) in [6, 6.07) is 3.29. The number of sulfone groups is 1. The molecule has 0 radical (unpaired) electrons. The molecule has 1 N–H and O–H groups in total. The van der Waals surface area contributed by atoms with E-state index in [4.69, 9.17) is 11.6 Å². The summed E-state index contributed by atoms with van der Waals surface area (Å²) in [5, 5.41) is 3.38. The van der Waals surface area contributed by atoms with Gasteiger partial charge in [0, 0.05) is 31.9 Å². The molecule has 1 aromatic carbocycles. The zero-order chi connectivity index (χ0) is 23.6. The van der Waals surface area contributed by atoms with Gasteiger partial charge in [0.1, 0.15) is 22.8 Å². The lowest BCUT2D eigenvalue weighted by molar-refractivity contribution is -0.134. The van der Waals surface area contributed by atoms with Crippen LogP contribution >= 0.6 is 24.0 Å². The number of hydrogen-bond donors (Lipinski definition) is 1. The van der Waals surface area contributed by atoms with E-state index >= 15 is 0 Å². The van der Waals surface area contributed by atoms with Crippen LogP contribution in [0.4, 0.5) is 15.9 Å². The number of amides is 1. The van der Waals surface area contributed by atoms with Gasteiger partial charge in [-0.1, -0.05) is 11.6 Å². The van der Waals surface area contributed by atoms with Gasteiger partial charge in [0.05, 0.1) is 23.0 Å². The van der Waals surface area contributed by atoms with Crippen LogP contribution in [0.15, 0.2) is 35.5 Å². The zero-order valence-electron chi connectivity index (χ0n) is 18.8. The topological polar surface area (TPSA) is 95.5 Å². The van der Waals surface area contributed by atoms with E-state index in [9.17, 15) is 17.6 Å². The Morgan fingerprint density at radius 2 is 1.82 bits per heavy atom. The molecule has 8 nitrogen and oxygen atoms in total. The van der Waals surface area contributed by atoms with E-state index in [2.05, 4.69) is 20.2 Å². The van der Waals surface area contributed by atoms with Gasteiger partial charge in [-0.3, -0.25) is 4.79 Å². The van der Waals surface area contributed by atoms with E-state index in [1.807, 2.05) is 4.90 Å². The Morgan fingerprint density at radius 3 is 2.44 bits per heavy atom. The average molecular weight is 532 g/mol. The Labute approximate surface area is 210 Å². The summed E-state index contributed by atoms with van der Waals surface area (Å²) in [5.41, 5.74) is 0.138. The van der Waals surface area contributed by atoms with Crippen LogP contribution in [0.25, 0.3) is 0 Å². The van der Waals surface area contributed by atoms with E-state index < -0.39 is 21.7 Å².